The molecule has 3 nitrogen and oxygen atoms in total. The predicted molar refractivity (Wildman–Crippen MR) is 117 cm³/mol. The van der Waals surface area contributed by atoms with Gasteiger partial charge in [0.15, 0.2) is 5.15 Å². The number of rotatable bonds is 5. The fraction of sp³-hybridized carbons (Fsp3) is 0.120. The molecule has 29 heavy (non-hydrogen) atoms. The second-order valence-electron chi connectivity index (χ2n) is 7.11. The maximum Gasteiger partial charge on any atom is 0.150 e. The lowest BCUT2D eigenvalue weighted by Crippen LogP contribution is -2.04. The number of halogens is 1. The van der Waals surface area contributed by atoms with Crippen LogP contribution in [-0.4, -0.2) is 9.55 Å². The molecule has 0 aliphatic heterocycles. The standard InChI is InChI=1S/C25H20ClN3/c1-18-4-2-3-5-23(18)22-12-10-21(11-13-22)16-29-17-28-25(26)24(29)14-19-6-8-20(15-27)9-7-19/h2-13,17H,14,16H2,1H3. The third kappa shape index (κ3) is 4.23. The first-order valence-electron chi connectivity index (χ1n) is 9.47. The van der Waals surface area contributed by atoms with Crippen molar-refractivity contribution in [2.75, 3.05) is 0 Å². The Morgan fingerprint density at radius 3 is 2.31 bits per heavy atom. The molecular weight excluding hydrogens is 378 g/mol. The summed E-state index contributed by atoms with van der Waals surface area (Å²) in [6, 6.07) is 26.8. The number of hydrogen-bond acceptors (Lipinski definition) is 2. The van der Waals surface area contributed by atoms with Gasteiger partial charge in [0, 0.05) is 13.0 Å². The molecule has 0 spiro atoms. The number of aromatic nitrogens is 2. The number of imidazole rings is 1. The maximum absolute atomic E-state index is 8.96. The molecule has 0 fully saturated rings. The molecule has 0 unspecified atom stereocenters. The summed E-state index contributed by atoms with van der Waals surface area (Å²) in [5.41, 5.74) is 7.66. The summed E-state index contributed by atoms with van der Waals surface area (Å²) >= 11 is 6.36. The van der Waals surface area contributed by atoms with Crippen LogP contribution in [-0.2, 0) is 13.0 Å². The highest BCUT2D eigenvalue weighted by molar-refractivity contribution is 6.30. The quantitative estimate of drug-likeness (QED) is 0.413. The van der Waals surface area contributed by atoms with E-state index in [0.717, 1.165) is 11.3 Å². The van der Waals surface area contributed by atoms with Crippen LogP contribution in [0.4, 0.5) is 0 Å². The van der Waals surface area contributed by atoms with E-state index in [1.165, 1.54) is 22.3 Å². The number of nitrogens with zero attached hydrogens (tertiary/aromatic N) is 3. The van der Waals surface area contributed by atoms with Crippen LogP contribution in [0.25, 0.3) is 11.1 Å². The molecule has 1 aromatic heterocycles. The minimum absolute atomic E-state index is 0.519. The second kappa shape index (κ2) is 8.34. The fourth-order valence-corrected chi connectivity index (χ4v) is 3.69. The summed E-state index contributed by atoms with van der Waals surface area (Å²) < 4.78 is 2.09. The van der Waals surface area contributed by atoms with Crippen LogP contribution in [0.5, 0.6) is 0 Å². The van der Waals surface area contributed by atoms with Gasteiger partial charge in [-0.1, -0.05) is 72.3 Å². The van der Waals surface area contributed by atoms with Crippen LogP contribution in [0.15, 0.2) is 79.1 Å². The lowest BCUT2D eigenvalue weighted by Gasteiger charge is -2.11. The first kappa shape index (κ1) is 19.0. The first-order chi connectivity index (χ1) is 14.1. The molecule has 4 aromatic rings. The van der Waals surface area contributed by atoms with Gasteiger partial charge in [-0.15, -0.1) is 0 Å². The average Bonchev–Trinajstić information content (AvgIpc) is 3.09. The maximum atomic E-state index is 8.96. The fourth-order valence-electron chi connectivity index (χ4n) is 3.47. The lowest BCUT2D eigenvalue weighted by atomic mass is 9.99. The molecule has 3 aromatic carbocycles. The summed E-state index contributed by atoms with van der Waals surface area (Å²) in [6.07, 6.45) is 2.46. The van der Waals surface area contributed by atoms with Gasteiger partial charge in [-0.2, -0.15) is 5.26 Å². The minimum atomic E-state index is 0.519. The zero-order chi connectivity index (χ0) is 20.2. The molecular formula is C25H20ClN3. The summed E-state index contributed by atoms with van der Waals surface area (Å²) in [4.78, 5) is 4.30. The van der Waals surface area contributed by atoms with E-state index in [-0.39, 0.29) is 0 Å². The number of hydrogen-bond donors (Lipinski definition) is 0. The Morgan fingerprint density at radius 1 is 0.931 bits per heavy atom. The van der Waals surface area contributed by atoms with E-state index in [2.05, 4.69) is 71.1 Å². The molecule has 142 valence electrons. The lowest BCUT2D eigenvalue weighted by molar-refractivity contribution is 0.753. The minimum Gasteiger partial charge on any atom is -0.328 e. The summed E-state index contributed by atoms with van der Waals surface area (Å²) in [5.74, 6) is 0. The van der Waals surface area contributed by atoms with Gasteiger partial charge in [-0.25, -0.2) is 4.98 Å². The van der Waals surface area contributed by atoms with Gasteiger partial charge < -0.3 is 4.57 Å². The van der Waals surface area contributed by atoms with Gasteiger partial charge in [0.1, 0.15) is 0 Å². The van der Waals surface area contributed by atoms with E-state index in [1.807, 2.05) is 24.3 Å². The van der Waals surface area contributed by atoms with Crippen molar-refractivity contribution in [3.05, 3.63) is 112 Å². The zero-order valence-electron chi connectivity index (χ0n) is 16.1. The molecule has 0 atom stereocenters. The van der Waals surface area contributed by atoms with E-state index < -0.39 is 0 Å². The Kier molecular flexibility index (Phi) is 5.46. The molecule has 0 radical (unpaired) electrons. The van der Waals surface area contributed by atoms with Crippen LogP contribution in [0, 0.1) is 18.3 Å². The molecule has 0 bridgehead atoms. The number of benzene rings is 3. The van der Waals surface area contributed by atoms with Crippen molar-refractivity contribution in [2.45, 2.75) is 19.9 Å². The Bertz CT molecular complexity index is 1170. The largest absolute Gasteiger partial charge is 0.328 e. The molecule has 0 saturated carbocycles. The van der Waals surface area contributed by atoms with Crippen LogP contribution in [0.1, 0.15) is 27.9 Å². The summed E-state index contributed by atoms with van der Waals surface area (Å²) in [5, 5.41) is 9.48. The molecule has 0 amide bonds. The average molecular weight is 398 g/mol. The van der Waals surface area contributed by atoms with E-state index in [4.69, 9.17) is 16.9 Å². The molecule has 4 rings (SSSR count). The van der Waals surface area contributed by atoms with E-state index in [1.54, 1.807) is 6.33 Å². The van der Waals surface area contributed by atoms with Crippen molar-refractivity contribution in [2.24, 2.45) is 0 Å². The molecule has 0 N–H and O–H groups in total. The molecule has 1 heterocycles. The predicted octanol–water partition coefficient (Wildman–Crippen LogP) is 6.02. The summed E-state index contributed by atoms with van der Waals surface area (Å²) in [7, 11) is 0. The number of aryl methyl sites for hydroxylation is 1. The topological polar surface area (TPSA) is 41.6 Å². The first-order valence-corrected chi connectivity index (χ1v) is 9.85. The van der Waals surface area contributed by atoms with Crippen molar-refractivity contribution in [3.8, 4) is 17.2 Å². The molecule has 0 saturated heterocycles. The van der Waals surface area contributed by atoms with Crippen molar-refractivity contribution in [1.29, 1.82) is 5.26 Å². The second-order valence-corrected chi connectivity index (χ2v) is 7.47. The Hall–Kier alpha value is -3.35. The molecule has 0 aliphatic rings. The van der Waals surface area contributed by atoms with Gasteiger partial charge >= 0.3 is 0 Å². The Labute approximate surface area is 175 Å². The monoisotopic (exact) mass is 397 g/mol. The van der Waals surface area contributed by atoms with Crippen LogP contribution in [0.2, 0.25) is 5.15 Å². The Morgan fingerprint density at radius 2 is 1.62 bits per heavy atom. The third-order valence-corrected chi connectivity index (χ3v) is 5.43. The van der Waals surface area contributed by atoms with Gasteiger partial charge in [0.2, 0.25) is 0 Å². The van der Waals surface area contributed by atoms with Crippen molar-refractivity contribution < 1.29 is 0 Å². The summed E-state index contributed by atoms with van der Waals surface area (Å²) in [6.45, 7) is 2.84. The van der Waals surface area contributed by atoms with Crippen molar-refractivity contribution >= 4 is 11.6 Å². The van der Waals surface area contributed by atoms with Gasteiger partial charge in [0.25, 0.3) is 0 Å². The SMILES string of the molecule is Cc1ccccc1-c1ccc(Cn2cnc(Cl)c2Cc2ccc(C#N)cc2)cc1. The highest BCUT2D eigenvalue weighted by Gasteiger charge is 2.11. The Balaban J connectivity index is 1.54. The molecule has 4 heteroatoms. The highest BCUT2D eigenvalue weighted by Crippen LogP contribution is 2.24. The van der Waals surface area contributed by atoms with Crippen molar-refractivity contribution in [1.82, 2.24) is 9.55 Å². The van der Waals surface area contributed by atoms with E-state index in [0.29, 0.717) is 23.7 Å². The van der Waals surface area contributed by atoms with Crippen LogP contribution < -0.4 is 0 Å². The van der Waals surface area contributed by atoms with Crippen molar-refractivity contribution in [3.63, 3.8) is 0 Å². The van der Waals surface area contributed by atoms with E-state index >= 15 is 0 Å². The van der Waals surface area contributed by atoms with Gasteiger partial charge in [0.05, 0.1) is 23.7 Å². The van der Waals surface area contributed by atoms with Gasteiger partial charge in [-0.05, 0) is 46.9 Å². The third-order valence-electron chi connectivity index (χ3n) is 5.11. The highest BCUT2D eigenvalue weighted by atomic mass is 35.5. The van der Waals surface area contributed by atoms with Crippen LogP contribution in [0.3, 0.4) is 0 Å². The van der Waals surface area contributed by atoms with Gasteiger partial charge in [-0.3, -0.25) is 0 Å². The normalized spacial score (nSPS) is 10.7. The number of nitriles is 1. The molecule has 0 aliphatic carbocycles. The zero-order valence-corrected chi connectivity index (χ0v) is 16.9. The van der Waals surface area contributed by atoms with E-state index in [9.17, 15) is 0 Å². The van der Waals surface area contributed by atoms with Crippen LogP contribution >= 0.6 is 11.6 Å². The smallest absolute Gasteiger partial charge is 0.150 e.